The molecule has 1 aliphatic heterocycles. The minimum absolute atomic E-state index is 0.0753. The average Bonchev–Trinajstić information content (AvgIpc) is 2.95. The fourth-order valence-electron chi connectivity index (χ4n) is 3.57. The second kappa shape index (κ2) is 7.84. The Morgan fingerprint density at radius 2 is 1.88 bits per heavy atom. The van der Waals surface area contributed by atoms with E-state index in [1.807, 2.05) is 42.8 Å². The number of benzene rings is 1. The maximum Gasteiger partial charge on any atom is 0.339 e. The SMILES string of the molecule is COC(=O)C1=CN(C)C(c2c(C(SC)SC)n(C)c3ccccc23)C=C1. The summed E-state index contributed by atoms with van der Waals surface area (Å²) >= 11 is 3.70. The quantitative estimate of drug-likeness (QED) is 0.556. The van der Waals surface area contributed by atoms with Gasteiger partial charge in [0.15, 0.2) is 0 Å². The average molecular weight is 389 g/mol. The summed E-state index contributed by atoms with van der Waals surface area (Å²) in [6.07, 6.45) is 10.1. The number of thioether (sulfide) groups is 2. The Morgan fingerprint density at radius 3 is 2.50 bits per heavy atom. The van der Waals surface area contributed by atoms with Crippen LogP contribution in [-0.2, 0) is 16.6 Å². The van der Waals surface area contributed by atoms with Crippen molar-refractivity contribution in [3.05, 3.63) is 59.4 Å². The van der Waals surface area contributed by atoms with Gasteiger partial charge in [-0.15, -0.1) is 23.5 Å². The molecule has 0 bridgehead atoms. The maximum absolute atomic E-state index is 11.9. The molecule has 0 N–H and O–H groups in total. The van der Waals surface area contributed by atoms with Crippen LogP contribution in [0.2, 0.25) is 0 Å². The zero-order valence-electron chi connectivity index (χ0n) is 15.7. The molecular formula is C20H24N2O2S2. The molecule has 1 unspecified atom stereocenters. The fourth-order valence-corrected chi connectivity index (χ4v) is 5.36. The lowest BCUT2D eigenvalue weighted by atomic mass is 9.98. The molecule has 138 valence electrons. The van der Waals surface area contributed by atoms with E-state index >= 15 is 0 Å². The van der Waals surface area contributed by atoms with Gasteiger partial charge < -0.3 is 14.2 Å². The number of fused-ring (bicyclic) bond motifs is 1. The Kier molecular flexibility index (Phi) is 5.73. The minimum Gasteiger partial charge on any atom is -0.465 e. The van der Waals surface area contributed by atoms with Crippen LogP contribution in [0.1, 0.15) is 21.9 Å². The van der Waals surface area contributed by atoms with Crippen LogP contribution in [0.15, 0.2) is 48.2 Å². The number of ether oxygens (including phenoxy) is 1. The second-order valence-corrected chi connectivity index (χ2v) is 8.41. The van der Waals surface area contributed by atoms with E-state index in [9.17, 15) is 4.79 Å². The summed E-state index contributed by atoms with van der Waals surface area (Å²) < 4.78 is 7.51. The number of aromatic nitrogens is 1. The van der Waals surface area contributed by atoms with Crippen molar-refractivity contribution in [1.29, 1.82) is 0 Å². The van der Waals surface area contributed by atoms with Crippen LogP contribution in [0.3, 0.4) is 0 Å². The Morgan fingerprint density at radius 1 is 1.19 bits per heavy atom. The van der Waals surface area contributed by atoms with E-state index in [1.54, 1.807) is 0 Å². The summed E-state index contributed by atoms with van der Waals surface area (Å²) in [6.45, 7) is 0. The number of nitrogens with zero attached hydrogens (tertiary/aromatic N) is 2. The lowest BCUT2D eigenvalue weighted by Crippen LogP contribution is -2.23. The largest absolute Gasteiger partial charge is 0.465 e. The van der Waals surface area contributed by atoms with Crippen LogP contribution < -0.4 is 0 Å². The van der Waals surface area contributed by atoms with Crippen molar-refractivity contribution in [2.75, 3.05) is 26.7 Å². The number of aryl methyl sites for hydroxylation is 1. The summed E-state index contributed by atoms with van der Waals surface area (Å²) in [7, 11) is 5.56. The molecule has 0 spiro atoms. The Balaban J connectivity index is 2.16. The number of hydrogen-bond donors (Lipinski definition) is 0. The molecule has 6 heteroatoms. The molecule has 3 rings (SSSR count). The van der Waals surface area contributed by atoms with Crippen molar-refractivity contribution >= 4 is 40.4 Å². The van der Waals surface area contributed by atoms with Crippen molar-refractivity contribution in [3.63, 3.8) is 0 Å². The smallest absolute Gasteiger partial charge is 0.339 e. The van der Waals surface area contributed by atoms with Gasteiger partial charge in [-0.25, -0.2) is 4.79 Å². The van der Waals surface area contributed by atoms with Crippen molar-refractivity contribution in [3.8, 4) is 0 Å². The Labute approximate surface area is 163 Å². The molecule has 1 atom stereocenters. The van der Waals surface area contributed by atoms with Gasteiger partial charge in [0.25, 0.3) is 0 Å². The van der Waals surface area contributed by atoms with Crippen LogP contribution >= 0.6 is 23.5 Å². The van der Waals surface area contributed by atoms with Gasteiger partial charge >= 0.3 is 5.97 Å². The van der Waals surface area contributed by atoms with Gasteiger partial charge in [0.2, 0.25) is 0 Å². The van der Waals surface area contributed by atoms with E-state index in [0.29, 0.717) is 10.2 Å². The molecule has 0 saturated carbocycles. The molecule has 2 heterocycles. The third kappa shape index (κ3) is 3.16. The zero-order valence-corrected chi connectivity index (χ0v) is 17.4. The van der Waals surface area contributed by atoms with Gasteiger partial charge in [-0.1, -0.05) is 24.3 Å². The number of carbonyl (C=O) groups excluding carboxylic acids is 1. The molecule has 0 fully saturated rings. The first-order valence-corrected chi connectivity index (χ1v) is 10.9. The highest BCUT2D eigenvalue weighted by molar-refractivity contribution is 8.15. The van der Waals surface area contributed by atoms with Crippen LogP contribution in [0.25, 0.3) is 10.9 Å². The lowest BCUT2D eigenvalue weighted by molar-refractivity contribution is -0.135. The molecule has 26 heavy (non-hydrogen) atoms. The molecule has 0 amide bonds. The molecule has 0 radical (unpaired) electrons. The lowest BCUT2D eigenvalue weighted by Gasteiger charge is -2.30. The van der Waals surface area contributed by atoms with Crippen molar-refractivity contribution in [2.24, 2.45) is 7.05 Å². The molecule has 1 aromatic heterocycles. The van der Waals surface area contributed by atoms with Crippen molar-refractivity contribution in [2.45, 2.75) is 10.6 Å². The summed E-state index contributed by atoms with van der Waals surface area (Å²) in [5.41, 5.74) is 4.42. The van der Waals surface area contributed by atoms with Crippen LogP contribution in [-0.4, -0.2) is 42.1 Å². The van der Waals surface area contributed by atoms with Gasteiger partial charge in [-0.2, -0.15) is 0 Å². The molecule has 1 aliphatic rings. The number of hydrogen-bond acceptors (Lipinski definition) is 5. The van der Waals surface area contributed by atoms with Gasteiger partial charge in [0, 0.05) is 42.5 Å². The van der Waals surface area contributed by atoms with Crippen molar-refractivity contribution in [1.82, 2.24) is 9.47 Å². The first-order chi connectivity index (χ1) is 12.5. The first-order valence-electron chi connectivity index (χ1n) is 8.36. The Bertz CT molecular complexity index is 881. The number of likely N-dealkylation sites (N-methyl/N-ethyl adjacent to an activating group) is 1. The number of carbonyl (C=O) groups is 1. The van der Waals surface area contributed by atoms with E-state index in [-0.39, 0.29) is 12.0 Å². The zero-order chi connectivity index (χ0) is 18.8. The van der Waals surface area contributed by atoms with Gasteiger partial charge in [0.05, 0.1) is 23.3 Å². The molecular weight excluding hydrogens is 364 g/mol. The van der Waals surface area contributed by atoms with Crippen LogP contribution in [0.4, 0.5) is 0 Å². The second-order valence-electron chi connectivity index (χ2n) is 6.22. The third-order valence-corrected chi connectivity index (χ3v) is 7.26. The number of rotatable bonds is 5. The molecule has 4 nitrogen and oxygen atoms in total. The third-order valence-electron chi connectivity index (χ3n) is 4.80. The normalized spacial score (nSPS) is 17.1. The van der Waals surface area contributed by atoms with Gasteiger partial charge in [-0.3, -0.25) is 0 Å². The first kappa shape index (κ1) is 19.0. The molecule has 0 aliphatic carbocycles. The maximum atomic E-state index is 11.9. The predicted molar refractivity (Wildman–Crippen MR) is 112 cm³/mol. The van der Waals surface area contributed by atoms with Gasteiger partial charge in [-0.05, 0) is 24.7 Å². The van der Waals surface area contributed by atoms with E-state index in [0.717, 1.165) is 0 Å². The fraction of sp³-hybridized carbons (Fsp3) is 0.350. The van der Waals surface area contributed by atoms with E-state index in [1.165, 1.54) is 29.3 Å². The highest BCUT2D eigenvalue weighted by Gasteiger charge is 2.29. The predicted octanol–water partition coefficient (Wildman–Crippen LogP) is 4.50. The summed E-state index contributed by atoms with van der Waals surface area (Å²) in [6, 6.07) is 8.60. The highest BCUT2D eigenvalue weighted by Crippen LogP contribution is 2.45. The minimum atomic E-state index is -0.309. The van der Waals surface area contributed by atoms with E-state index < -0.39 is 0 Å². The molecule has 2 aromatic rings. The number of para-hydroxylation sites is 1. The van der Waals surface area contributed by atoms with Crippen LogP contribution in [0, 0.1) is 0 Å². The summed E-state index contributed by atoms with van der Waals surface area (Å²) in [5, 5.41) is 1.26. The monoisotopic (exact) mass is 388 g/mol. The number of methoxy groups -OCH3 is 1. The van der Waals surface area contributed by atoms with Crippen LogP contribution in [0.5, 0.6) is 0 Å². The van der Waals surface area contributed by atoms with E-state index in [4.69, 9.17) is 4.74 Å². The number of esters is 1. The standard InChI is InChI=1S/C20H24N2O2S2/c1-21-12-13(19(23)24-3)10-11-16(21)17-14-8-6-7-9-15(14)22(2)18(17)20(25-4)26-5/h6-12,16,20H,1-5H3. The Hall–Kier alpha value is -1.79. The van der Waals surface area contributed by atoms with Crippen molar-refractivity contribution < 1.29 is 9.53 Å². The highest BCUT2D eigenvalue weighted by atomic mass is 32.2. The topological polar surface area (TPSA) is 34.5 Å². The summed E-state index contributed by atoms with van der Waals surface area (Å²) in [5.74, 6) is -0.309. The molecule has 1 aromatic carbocycles. The summed E-state index contributed by atoms with van der Waals surface area (Å²) in [4.78, 5) is 14.0. The van der Waals surface area contributed by atoms with Gasteiger partial charge in [0.1, 0.15) is 0 Å². The van der Waals surface area contributed by atoms with E-state index in [2.05, 4.69) is 59.4 Å². The molecule has 0 saturated heterocycles.